The molecule has 0 aliphatic carbocycles. The molecule has 0 rings (SSSR count). The van der Waals surface area contributed by atoms with E-state index < -0.39 is 7.82 Å². The number of terminal acetylenes is 1. The van der Waals surface area contributed by atoms with Crippen LogP contribution in [0.1, 0.15) is 0 Å². The number of hydrogen-bond donors (Lipinski definition) is 0. The number of phosphoric ester groups is 1. The Morgan fingerprint density at radius 3 is 1.52 bits per heavy atom. The summed E-state index contributed by atoms with van der Waals surface area (Å²) < 4.78 is 47.9. The smallest absolute Gasteiger partial charge is 0.268 e. The molecule has 1 unspecified atom stereocenters. The highest BCUT2D eigenvalue weighted by atomic mass is 31.2. The van der Waals surface area contributed by atoms with Crippen LogP contribution >= 0.6 is 7.82 Å². The quantitative estimate of drug-likeness (QED) is 0.105. The van der Waals surface area contributed by atoms with Crippen LogP contribution in [0.4, 0.5) is 0 Å². The highest BCUT2D eigenvalue weighted by Crippen LogP contribution is 2.37. The minimum Gasteiger partial charge on any atom is -0.756 e. The molecule has 1 atom stereocenters. The Morgan fingerprint density at radius 2 is 1.10 bits per heavy atom. The van der Waals surface area contributed by atoms with Crippen LogP contribution in [0.3, 0.4) is 0 Å². The van der Waals surface area contributed by atoms with E-state index in [4.69, 9.17) is 39.2 Å². The Kier molecular flexibility index (Phi) is 17.9. The van der Waals surface area contributed by atoms with E-state index in [1.807, 2.05) is 21.1 Å². The Labute approximate surface area is 174 Å². The number of quaternary nitrogens is 1. The van der Waals surface area contributed by atoms with E-state index in [9.17, 15) is 9.46 Å². The van der Waals surface area contributed by atoms with Gasteiger partial charge in [-0.05, 0) is 0 Å². The predicted molar refractivity (Wildman–Crippen MR) is 105 cm³/mol. The van der Waals surface area contributed by atoms with Crippen molar-refractivity contribution >= 4 is 7.82 Å². The molecule has 0 fully saturated rings. The molecule has 29 heavy (non-hydrogen) atoms. The summed E-state index contributed by atoms with van der Waals surface area (Å²) in [6.07, 6.45) is 5.04. The van der Waals surface area contributed by atoms with Crippen LogP contribution in [0.5, 0.6) is 0 Å². The van der Waals surface area contributed by atoms with E-state index in [-0.39, 0.29) is 19.8 Å². The van der Waals surface area contributed by atoms with E-state index in [0.29, 0.717) is 70.5 Å². The zero-order valence-corrected chi connectivity index (χ0v) is 18.7. The van der Waals surface area contributed by atoms with Crippen LogP contribution in [0.15, 0.2) is 0 Å². The zero-order valence-electron chi connectivity index (χ0n) is 17.8. The maximum absolute atomic E-state index is 11.5. The monoisotopic (exact) mass is 441 g/mol. The zero-order chi connectivity index (χ0) is 21.8. The highest BCUT2D eigenvalue weighted by Gasteiger charge is 2.13. The Hall–Kier alpha value is -0.570. The number of likely N-dealkylation sites (N-methyl/N-ethyl adjacent to an activating group) is 1. The summed E-state index contributed by atoms with van der Waals surface area (Å²) in [5.41, 5.74) is 0. The molecule has 11 heteroatoms. The van der Waals surface area contributed by atoms with Crippen LogP contribution in [0, 0.1) is 12.3 Å². The molecule has 172 valence electrons. The molecule has 0 aromatic heterocycles. The van der Waals surface area contributed by atoms with Gasteiger partial charge in [0.2, 0.25) is 0 Å². The number of phosphoric acid groups is 1. The first-order valence-corrected chi connectivity index (χ1v) is 11.0. The number of ether oxygens (including phenoxy) is 5. The first kappa shape index (κ1) is 28.4. The molecule has 0 N–H and O–H groups in total. The molecular weight excluding hydrogens is 405 g/mol. The van der Waals surface area contributed by atoms with Crippen molar-refractivity contribution in [3.8, 4) is 12.3 Å². The van der Waals surface area contributed by atoms with E-state index >= 15 is 0 Å². The summed E-state index contributed by atoms with van der Waals surface area (Å²) >= 11 is 0. The fourth-order valence-corrected chi connectivity index (χ4v) is 2.36. The third-order valence-electron chi connectivity index (χ3n) is 3.16. The maximum Gasteiger partial charge on any atom is 0.268 e. The molecule has 0 bridgehead atoms. The van der Waals surface area contributed by atoms with Gasteiger partial charge in [0.15, 0.2) is 0 Å². The summed E-state index contributed by atoms with van der Waals surface area (Å²) in [4.78, 5) is 11.5. The Bertz CT molecular complexity index is 465. The van der Waals surface area contributed by atoms with Gasteiger partial charge in [0, 0.05) is 0 Å². The summed E-state index contributed by atoms with van der Waals surface area (Å²) in [5, 5.41) is 0. The molecule has 0 heterocycles. The fraction of sp³-hybridized carbons (Fsp3) is 0.889. The van der Waals surface area contributed by atoms with Crippen LogP contribution in [-0.2, 0) is 37.3 Å². The van der Waals surface area contributed by atoms with Gasteiger partial charge >= 0.3 is 0 Å². The summed E-state index contributed by atoms with van der Waals surface area (Å²) in [6.45, 7) is 4.44. The van der Waals surface area contributed by atoms with Crippen molar-refractivity contribution in [1.29, 1.82) is 0 Å². The third-order valence-corrected chi connectivity index (χ3v) is 4.16. The average Bonchev–Trinajstić information content (AvgIpc) is 2.63. The van der Waals surface area contributed by atoms with E-state index in [2.05, 4.69) is 5.92 Å². The van der Waals surface area contributed by atoms with Crippen LogP contribution in [0.25, 0.3) is 0 Å². The standard InChI is InChI=1S/C18H36NO9P/c1-5-7-22-9-10-23-11-12-24-13-14-25-15-16-26-17-18-28-29(20,21)27-8-6-19(2,3)4/h1H,6-18H2,2-4H3. The second-order valence-electron chi connectivity index (χ2n) is 6.83. The second-order valence-corrected chi connectivity index (χ2v) is 8.24. The molecule has 0 spiro atoms. The minimum atomic E-state index is -4.28. The van der Waals surface area contributed by atoms with Gasteiger partial charge < -0.3 is 42.1 Å². The van der Waals surface area contributed by atoms with Gasteiger partial charge in [-0.3, -0.25) is 4.57 Å². The van der Waals surface area contributed by atoms with Gasteiger partial charge in [-0.1, -0.05) is 5.92 Å². The molecule has 0 radical (unpaired) electrons. The SMILES string of the molecule is C#CCOCCOCCOCCOCCOCCOP(=O)([O-])OCC[N+](C)(C)C. The van der Waals surface area contributed by atoms with Crippen molar-refractivity contribution in [2.45, 2.75) is 0 Å². The van der Waals surface area contributed by atoms with E-state index in [0.717, 1.165) is 0 Å². The van der Waals surface area contributed by atoms with Crippen molar-refractivity contribution < 1.29 is 46.7 Å². The van der Waals surface area contributed by atoms with E-state index in [1.54, 1.807) is 0 Å². The second kappa shape index (κ2) is 18.2. The van der Waals surface area contributed by atoms with Crippen LogP contribution < -0.4 is 4.89 Å². The minimum absolute atomic E-state index is 0.0775. The normalized spacial score (nSPS) is 13.9. The average molecular weight is 441 g/mol. The molecular formula is C18H36NO9P. The van der Waals surface area contributed by atoms with Crippen molar-refractivity contribution in [2.75, 3.05) is 107 Å². The first-order valence-electron chi connectivity index (χ1n) is 9.49. The lowest BCUT2D eigenvalue weighted by atomic mass is 10.5. The fourth-order valence-electron chi connectivity index (χ4n) is 1.68. The lowest BCUT2D eigenvalue weighted by Gasteiger charge is -2.27. The lowest BCUT2D eigenvalue weighted by molar-refractivity contribution is -0.870. The van der Waals surface area contributed by atoms with Crippen molar-refractivity contribution in [1.82, 2.24) is 0 Å². The van der Waals surface area contributed by atoms with Gasteiger partial charge in [0.25, 0.3) is 7.82 Å². The first-order chi connectivity index (χ1) is 13.8. The van der Waals surface area contributed by atoms with Crippen LogP contribution in [0.2, 0.25) is 0 Å². The summed E-state index contributed by atoms with van der Waals surface area (Å²) in [7, 11) is 1.55. The topological polar surface area (TPSA) is 105 Å². The molecule has 0 amide bonds. The summed E-state index contributed by atoms with van der Waals surface area (Å²) in [5.74, 6) is 2.37. The molecule has 10 nitrogen and oxygen atoms in total. The van der Waals surface area contributed by atoms with Crippen molar-refractivity contribution in [3.63, 3.8) is 0 Å². The molecule has 0 aromatic carbocycles. The molecule has 0 aliphatic rings. The molecule has 0 saturated carbocycles. The number of hydrogen-bond acceptors (Lipinski definition) is 9. The Morgan fingerprint density at radius 1 is 0.724 bits per heavy atom. The Balaban J connectivity index is 3.29. The molecule has 0 aliphatic heterocycles. The predicted octanol–water partition coefficient (Wildman–Crippen LogP) is -0.0896. The summed E-state index contributed by atoms with van der Waals surface area (Å²) in [6, 6.07) is 0. The molecule has 0 saturated heterocycles. The lowest BCUT2D eigenvalue weighted by Crippen LogP contribution is -2.37. The molecule has 0 aromatic rings. The van der Waals surface area contributed by atoms with Gasteiger partial charge in [-0.25, -0.2) is 0 Å². The number of nitrogens with zero attached hydrogens (tertiary/aromatic N) is 1. The largest absolute Gasteiger partial charge is 0.756 e. The highest BCUT2D eigenvalue weighted by molar-refractivity contribution is 7.45. The third kappa shape index (κ3) is 23.6. The van der Waals surface area contributed by atoms with Crippen molar-refractivity contribution in [2.24, 2.45) is 0 Å². The van der Waals surface area contributed by atoms with Crippen molar-refractivity contribution in [3.05, 3.63) is 0 Å². The van der Waals surface area contributed by atoms with Gasteiger partial charge in [-0.15, -0.1) is 6.42 Å². The maximum atomic E-state index is 11.5. The van der Waals surface area contributed by atoms with Crippen LogP contribution in [-0.4, -0.2) is 111 Å². The number of rotatable bonds is 21. The van der Waals surface area contributed by atoms with Gasteiger partial charge in [-0.2, -0.15) is 0 Å². The van der Waals surface area contributed by atoms with E-state index in [1.165, 1.54) is 0 Å². The van der Waals surface area contributed by atoms with Gasteiger partial charge in [0.1, 0.15) is 19.8 Å². The van der Waals surface area contributed by atoms with Gasteiger partial charge in [0.05, 0.1) is 87.2 Å².